The summed E-state index contributed by atoms with van der Waals surface area (Å²) in [6.07, 6.45) is 2.39. The van der Waals surface area contributed by atoms with Crippen LogP contribution in [0, 0.1) is 12.3 Å². The van der Waals surface area contributed by atoms with Crippen molar-refractivity contribution in [3.05, 3.63) is 47.3 Å². The Morgan fingerprint density at radius 1 is 1.00 bits per heavy atom. The molecule has 0 aliphatic carbocycles. The third-order valence-corrected chi connectivity index (χ3v) is 5.21. The van der Waals surface area contributed by atoms with Crippen LogP contribution in [0.3, 0.4) is 0 Å². The first kappa shape index (κ1) is 20.1. The van der Waals surface area contributed by atoms with Crippen LogP contribution < -0.4 is 0 Å². The van der Waals surface area contributed by atoms with E-state index in [0.717, 1.165) is 17.8 Å². The van der Waals surface area contributed by atoms with Crippen LogP contribution in [0.15, 0.2) is 30.5 Å². The molecule has 1 aliphatic heterocycles. The summed E-state index contributed by atoms with van der Waals surface area (Å²) in [7, 11) is 0. The van der Waals surface area contributed by atoms with Gasteiger partial charge >= 0.3 is 0 Å². The van der Waals surface area contributed by atoms with Gasteiger partial charge in [-0.3, -0.25) is 9.59 Å². The van der Waals surface area contributed by atoms with Crippen molar-refractivity contribution in [2.45, 2.75) is 41.0 Å². The molecule has 150 valence electrons. The summed E-state index contributed by atoms with van der Waals surface area (Å²) >= 11 is 0. The molecule has 1 aromatic heterocycles. The van der Waals surface area contributed by atoms with Gasteiger partial charge in [0.2, 0.25) is 5.91 Å². The van der Waals surface area contributed by atoms with Crippen LogP contribution in [0.25, 0.3) is 5.69 Å². The third kappa shape index (κ3) is 3.96. The van der Waals surface area contributed by atoms with Crippen molar-refractivity contribution < 1.29 is 9.59 Å². The van der Waals surface area contributed by atoms with E-state index in [1.165, 1.54) is 5.56 Å². The molecule has 0 saturated carbocycles. The van der Waals surface area contributed by atoms with Gasteiger partial charge in [0.25, 0.3) is 5.91 Å². The van der Waals surface area contributed by atoms with Crippen molar-refractivity contribution in [3.8, 4) is 5.69 Å². The quantitative estimate of drug-likeness (QED) is 0.820. The van der Waals surface area contributed by atoms with Crippen LogP contribution >= 0.6 is 0 Å². The Kier molecular flexibility index (Phi) is 5.59. The van der Waals surface area contributed by atoms with Gasteiger partial charge in [0.05, 0.1) is 23.1 Å². The maximum absolute atomic E-state index is 13.1. The number of aromatic nitrogens is 2. The number of rotatable bonds is 3. The molecule has 0 unspecified atom stereocenters. The van der Waals surface area contributed by atoms with E-state index in [2.05, 4.69) is 5.10 Å². The number of aryl methyl sites for hydroxylation is 1. The van der Waals surface area contributed by atoms with Gasteiger partial charge in [0, 0.05) is 31.6 Å². The van der Waals surface area contributed by atoms with E-state index in [-0.39, 0.29) is 11.8 Å². The summed E-state index contributed by atoms with van der Waals surface area (Å²) in [5, 5.41) is 4.48. The predicted octanol–water partition coefficient (Wildman–Crippen LogP) is 3.07. The number of hydrogen-bond donors (Lipinski definition) is 0. The number of nitrogens with zero attached hydrogens (tertiary/aromatic N) is 4. The number of benzene rings is 1. The molecular weight excluding hydrogens is 352 g/mol. The highest BCUT2D eigenvalue weighted by Gasteiger charge is 2.32. The van der Waals surface area contributed by atoms with E-state index in [4.69, 9.17) is 0 Å². The SMILES string of the molecule is CCc1c(C(=O)N2CCN(C(=O)C(C)(C)C)CC2)cnn1-c1ccc(C)cc1. The number of carbonyl (C=O) groups excluding carboxylic acids is 2. The lowest BCUT2D eigenvalue weighted by Gasteiger charge is -2.37. The lowest BCUT2D eigenvalue weighted by Crippen LogP contribution is -2.53. The number of amides is 2. The second-order valence-electron chi connectivity index (χ2n) is 8.44. The number of hydrogen-bond acceptors (Lipinski definition) is 3. The number of piperazine rings is 1. The first-order chi connectivity index (χ1) is 13.2. The minimum Gasteiger partial charge on any atom is -0.339 e. The summed E-state index contributed by atoms with van der Waals surface area (Å²) in [6.45, 7) is 12.1. The molecule has 2 heterocycles. The fourth-order valence-electron chi connectivity index (χ4n) is 3.56. The molecule has 0 N–H and O–H groups in total. The van der Waals surface area contributed by atoms with Crippen LogP contribution in [-0.4, -0.2) is 57.6 Å². The van der Waals surface area contributed by atoms with Crippen molar-refractivity contribution in [2.24, 2.45) is 5.41 Å². The molecule has 1 aromatic carbocycles. The van der Waals surface area contributed by atoms with Crippen LogP contribution in [0.5, 0.6) is 0 Å². The zero-order valence-electron chi connectivity index (χ0n) is 17.5. The average molecular weight is 383 g/mol. The second kappa shape index (κ2) is 7.78. The average Bonchev–Trinajstić information content (AvgIpc) is 3.10. The summed E-state index contributed by atoms with van der Waals surface area (Å²) in [6, 6.07) is 8.13. The molecule has 0 radical (unpaired) electrons. The zero-order valence-corrected chi connectivity index (χ0v) is 17.5. The highest BCUT2D eigenvalue weighted by molar-refractivity contribution is 5.95. The Balaban J connectivity index is 1.75. The van der Waals surface area contributed by atoms with E-state index in [1.54, 1.807) is 6.20 Å². The van der Waals surface area contributed by atoms with Crippen LogP contribution in [-0.2, 0) is 11.2 Å². The highest BCUT2D eigenvalue weighted by atomic mass is 16.2. The molecule has 6 nitrogen and oxygen atoms in total. The van der Waals surface area contributed by atoms with Gasteiger partial charge in [0.15, 0.2) is 0 Å². The van der Waals surface area contributed by atoms with Gasteiger partial charge in [-0.15, -0.1) is 0 Å². The van der Waals surface area contributed by atoms with Gasteiger partial charge in [-0.2, -0.15) is 5.10 Å². The largest absolute Gasteiger partial charge is 0.339 e. The topological polar surface area (TPSA) is 58.4 Å². The second-order valence-corrected chi connectivity index (χ2v) is 8.44. The van der Waals surface area contributed by atoms with Crippen LogP contribution in [0.1, 0.15) is 49.3 Å². The van der Waals surface area contributed by atoms with Crippen molar-refractivity contribution in [1.82, 2.24) is 19.6 Å². The van der Waals surface area contributed by atoms with Gasteiger partial charge in [0.1, 0.15) is 0 Å². The summed E-state index contributed by atoms with van der Waals surface area (Å²) in [5.74, 6) is 0.138. The standard InChI is InChI=1S/C22H30N4O2/c1-6-19-18(15-23-26(19)17-9-7-16(2)8-10-17)20(27)24-11-13-25(14-12-24)21(28)22(3,4)5/h7-10,15H,6,11-14H2,1-5H3. The summed E-state index contributed by atoms with van der Waals surface area (Å²) < 4.78 is 1.85. The zero-order chi connectivity index (χ0) is 20.5. The molecule has 1 aliphatic rings. The molecule has 28 heavy (non-hydrogen) atoms. The highest BCUT2D eigenvalue weighted by Crippen LogP contribution is 2.21. The molecule has 0 bridgehead atoms. The molecule has 0 spiro atoms. The van der Waals surface area contributed by atoms with Crippen molar-refractivity contribution in [2.75, 3.05) is 26.2 Å². The number of carbonyl (C=O) groups is 2. The van der Waals surface area contributed by atoms with Gasteiger partial charge in [-0.1, -0.05) is 45.4 Å². The van der Waals surface area contributed by atoms with Crippen molar-refractivity contribution >= 4 is 11.8 Å². The monoisotopic (exact) mass is 382 g/mol. The lowest BCUT2D eigenvalue weighted by atomic mass is 9.94. The van der Waals surface area contributed by atoms with Crippen LogP contribution in [0.4, 0.5) is 0 Å². The van der Waals surface area contributed by atoms with Crippen molar-refractivity contribution in [3.63, 3.8) is 0 Å². The third-order valence-electron chi connectivity index (χ3n) is 5.21. The van der Waals surface area contributed by atoms with Gasteiger partial charge < -0.3 is 9.80 Å². The Labute approximate surface area is 167 Å². The molecular formula is C22H30N4O2. The predicted molar refractivity (Wildman–Crippen MR) is 110 cm³/mol. The molecule has 6 heteroatoms. The summed E-state index contributed by atoms with van der Waals surface area (Å²) in [5.41, 5.74) is 3.33. The smallest absolute Gasteiger partial charge is 0.257 e. The minimum atomic E-state index is -0.392. The van der Waals surface area contributed by atoms with E-state index in [1.807, 2.05) is 73.4 Å². The van der Waals surface area contributed by atoms with Gasteiger partial charge in [-0.05, 0) is 25.5 Å². The normalized spacial score (nSPS) is 15.0. The Hall–Kier alpha value is -2.63. The lowest BCUT2D eigenvalue weighted by molar-refractivity contribution is -0.140. The maximum Gasteiger partial charge on any atom is 0.257 e. The molecule has 3 rings (SSSR count). The summed E-state index contributed by atoms with van der Waals surface area (Å²) in [4.78, 5) is 29.3. The molecule has 2 aromatic rings. The molecule has 1 fully saturated rings. The molecule has 1 saturated heterocycles. The Morgan fingerprint density at radius 2 is 1.57 bits per heavy atom. The van der Waals surface area contributed by atoms with Gasteiger partial charge in [-0.25, -0.2) is 4.68 Å². The van der Waals surface area contributed by atoms with Crippen molar-refractivity contribution in [1.29, 1.82) is 0 Å². The molecule has 2 amide bonds. The minimum absolute atomic E-state index is 0.00179. The fraction of sp³-hybridized carbons (Fsp3) is 0.500. The maximum atomic E-state index is 13.1. The first-order valence-electron chi connectivity index (χ1n) is 9.95. The molecule has 0 atom stereocenters. The van der Waals surface area contributed by atoms with Crippen LogP contribution in [0.2, 0.25) is 0 Å². The Morgan fingerprint density at radius 3 is 2.11 bits per heavy atom. The fourth-order valence-corrected chi connectivity index (χ4v) is 3.56. The van der Waals surface area contributed by atoms with E-state index in [0.29, 0.717) is 31.7 Å². The first-order valence-corrected chi connectivity index (χ1v) is 9.95. The van der Waals surface area contributed by atoms with E-state index < -0.39 is 5.41 Å². The van der Waals surface area contributed by atoms with E-state index in [9.17, 15) is 9.59 Å². The van der Waals surface area contributed by atoms with E-state index >= 15 is 0 Å². The Bertz CT molecular complexity index is 854.